The number of hydrogen-bond donors (Lipinski definition) is 2. The molecule has 2 aliphatic rings. The van der Waals surface area contributed by atoms with Crippen LogP contribution in [0.4, 0.5) is 4.79 Å². The number of nitrogens with zero attached hydrogens (tertiary/aromatic N) is 2. The molecule has 1 aromatic heterocycles. The highest BCUT2D eigenvalue weighted by Gasteiger charge is 2.55. The van der Waals surface area contributed by atoms with E-state index in [1.165, 1.54) is 18.2 Å². The maximum Gasteiger partial charge on any atom is 0.325 e. The average Bonchev–Trinajstić information content (AvgIpc) is 3.43. The van der Waals surface area contributed by atoms with Crippen molar-refractivity contribution in [1.82, 2.24) is 20.4 Å². The van der Waals surface area contributed by atoms with Crippen LogP contribution in [0, 0.1) is 0 Å². The number of hydrogen-bond acceptors (Lipinski definition) is 5. The number of urea groups is 1. The topological polar surface area (TPSA) is 112 Å². The minimum absolute atomic E-state index is 0.197. The largest absolute Gasteiger partial charge is 0.467 e. The van der Waals surface area contributed by atoms with Gasteiger partial charge in [0, 0.05) is 7.05 Å². The van der Waals surface area contributed by atoms with Crippen molar-refractivity contribution in [1.29, 1.82) is 0 Å². The SMILES string of the molecule is CN(CC(=O)NCc1ccco1)C(=O)CN1C(=O)N[C@]2(CCc3ccccc32)C1=O. The summed E-state index contributed by atoms with van der Waals surface area (Å²) >= 11 is 0. The second kappa shape index (κ2) is 7.66. The van der Waals surface area contributed by atoms with Crippen LogP contribution < -0.4 is 10.6 Å². The smallest absolute Gasteiger partial charge is 0.325 e. The van der Waals surface area contributed by atoms with Crippen molar-refractivity contribution >= 4 is 23.8 Å². The molecule has 30 heavy (non-hydrogen) atoms. The first kappa shape index (κ1) is 19.7. The average molecular weight is 410 g/mol. The number of carbonyl (C=O) groups excluding carboxylic acids is 4. The predicted molar refractivity (Wildman–Crippen MR) is 105 cm³/mol. The number of likely N-dealkylation sites (N-methyl/N-ethyl adjacent to an activating group) is 1. The minimum atomic E-state index is -1.10. The highest BCUT2D eigenvalue weighted by atomic mass is 16.3. The fraction of sp³-hybridized carbons (Fsp3) is 0.333. The van der Waals surface area contributed by atoms with E-state index in [0.717, 1.165) is 16.0 Å². The van der Waals surface area contributed by atoms with Crippen molar-refractivity contribution in [2.24, 2.45) is 0 Å². The molecule has 0 bridgehead atoms. The van der Waals surface area contributed by atoms with E-state index < -0.39 is 29.9 Å². The van der Waals surface area contributed by atoms with Crippen LogP contribution in [0.15, 0.2) is 47.1 Å². The Morgan fingerprint density at radius 1 is 1.23 bits per heavy atom. The van der Waals surface area contributed by atoms with Gasteiger partial charge in [-0.2, -0.15) is 0 Å². The van der Waals surface area contributed by atoms with Crippen LogP contribution in [0.5, 0.6) is 0 Å². The fourth-order valence-corrected chi connectivity index (χ4v) is 3.95. The van der Waals surface area contributed by atoms with Gasteiger partial charge < -0.3 is 20.0 Å². The Bertz CT molecular complexity index is 1000. The molecule has 1 fully saturated rings. The van der Waals surface area contributed by atoms with E-state index in [4.69, 9.17) is 4.42 Å². The maximum atomic E-state index is 13.1. The summed E-state index contributed by atoms with van der Waals surface area (Å²) in [6, 6.07) is 10.3. The van der Waals surface area contributed by atoms with Crippen LogP contribution in [-0.4, -0.2) is 53.7 Å². The van der Waals surface area contributed by atoms with Gasteiger partial charge in [0.05, 0.1) is 19.4 Å². The van der Waals surface area contributed by atoms with Crippen LogP contribution in [-0.2, 0) is 32.9 Å². The van der Waals surface area contributed by atoms with Gasteiger partial charge in [0.15, 0.2) is 0 Å². The summed E-state index contributed by atoms with van der Waals surface area (Å²) in [5, 5.41) is 5.43. The summed E-state index contributed by atoms with van der Waals surface area (Å²) in [5.41, 5.74) is 0.695. The van der Waals surface area contributed by atoms with Gasteiger partial charge in [-0.05, 0) is 36.1 Å². The van der Waals surface area contributed by atoms with Gasteiger partial charge in [-0.25, -0.2) is 4.79 Å². The Morgan fingerprint density at radius 2 is 2.03 bits per heavy atom. The molecule has 1 aliphatic heterocycles. The molecule has 1 spiro atoms. The lowest BCUT2D eigenvalue weighted by Gasteiger charge is -2.23. The third kappa shape index (κ3) is 3.42. The molecule has 1 atom stereocenters. The number of carbonyl (C=O) groups is 4. The van der Waals surface area contributed by atoms with Crippen LogP contribution in [0.1, 0.15) is 23.3 Å². The molecule has 1 aliphatic carbocycles. The standard InChI is InChI=1S/C21H22N4O5/c1-24(12-17(26)22-11-15-6-4-10-30-15)18(27)13-25-19(28)21(23-20(25)29)9-8-14-5-2-3-7-16(14)21/h2-7,10H,8-9,11-13H2,1H3,(H,22,26)(H,23,29)/t21-/m0/s1. The lowest BCUT2D eigenvalue weighted by Crippen LogP contribution is -2.46. The second-order valence-corrected chi connectivity index (χ2v) is 7.49. The van der Waals surface area contributed by atoms with E-state index in [-0.39, 0.29) is 19.0 Å². The molecule has 1 aromatic carbocycles. The molecule has 0 unspecified atom stereocenters. The minimum Gasteiger partial charge on any atom is -0.467 e. The molecular weight excluding hydrogens is 388 g/mol. The maximum absolute atomic E-state index is 13.1. The van der Waals surface area contributed by atoms with E-state index in [1.807, 2.05) is 24.3 Å². The monoisotopic (exact) mass is 410 g/mol. The van der Waals surface area contributed by atoms with Gasteiger partial charge in [0.1, 0.15) is 17.8 Å². The first-order valence-electron chi connectivity index (χ1n) is 9.66. The number of nitrogens with one attached hydrogen (secondary N) is 2. The van der Waals surface area contributed by atoms with Gasteiger partial charge in [-0.15, -0.1) is 0 Å². The zero-order valence-corrected chi connectivity index (χ0v) is 16.5. The summed E-state index contributed by atoms with van der Waals surface area (Å²) in [6.07, 6.45) is 2.65. The van der Waals surface area contributed by atoms with Crippen molar-refractivity contribution in [2.45, 2.75) is 24.9 Å². The second-order valence-electron chi connectivity index (χ2n) is 7.49. The number of amides is 5. The predicted octanol–water partition coefficient (Wildman–Crippen LogP) is 0.748. The lowest BCUT2D eigenvalue weighted by molar-refractivity contribution is -0.140. The summed E-state index contributed by atoms with van der Waals surface area (Å²) in [5.74, 6) is -0.712. The van der Waals surface area contributed by atoms with Crippen LogP contribution in [0.25, 0.3) is 0 Å². The molecule has 4 rings (SSSR count). The Kier molecular flexibility index (Phi) is 5.03. The quantitative estimate of drug-likeness (QED) is 0.683. The van der Waals surface area contributed by atoms with Gasteiger partial charge in [-0.3, -0.25) is 19.3 Å². The number of benzene rings is 1. The van der Waals surface area contributed by atoms with Crippen molar-refractivity contribution in [3.05, 3.63) is 59.5 Å². The van der Waals surface area contributed by atoms with E-state index in [2.05, 4.69) is 10.6 Å². The van der Waals surface area contributed by atoms with Crippen molar-refractivity contribution in [3.8, 4) is 0 Å². The van der Waals surface area contributed by atoms with Crippen LogP contribution >= 0.6 is 0 Å². The molecule has 0 radical (unpaired) electrons. The van der Waals surface area contributed by atoms with Gasteiger partial charge >= 0.3 is 6.03 Å². The number of aryl methyl sites for hydroxylation is 1. The highest BCUT2D eigenvalue weighted by Crippen LogP contribution is 2.41. The van der Waals surface area contributed by atoms with E-state index in [9.17, 15) is 19.2 Å². The molecule has 5 amide bonds. The number of furan rings is 1. The summed E-state index contributed by atoms with van der Waals surface area (Å²) in [4.78, 5) is 52.3. The highest BCUT2D eigenvalue weighted by molar-refractivity contribution is 6.10. The molecule has 2 N–H and O–H groups in total. The first-order chi connectivity index (χ1) is 14.4. The Hall–Kier alpha value is -3.62. The summed E-state index contributed by atoms with van der Waals surface area (Å²) < 4.78 is 5.14. The molecule has 9 heteroatoms. The fourth-order valence-electron chi connectivity index (χ4n) is 3.95. The van der Waals surface area contributed by atoms with E-state index >= 15 is 0 Å². The zero-order chi connectivity index (χ0) is 21.3. The van der Waals surface area contributed by atoms with E-state index in [0.29, 0.717) is 18.6 Å². The molecular formula is C21H22N4O5. The van der Waals surface area contributed by atoms with E-state index in [1.54, 1.807) is 12.1 Å². The van der Waals surface area contributed by atoms with Gasteiger partial charge in [0.25, 0.3) is 5.91 Å². The lowest BCUT2D eigenvalue weighted by atomic mass is 9.92. The number of rotatable bonds is 6. The normalized spacial score (nSPS) is 19.7. The number of fused-ring (bicyclic) bond motifs is 2. The van der Waals surface area contributed by atoms with Crippen molar-refractivity contribution in [3.63, 3.8) is 0 Å². The van der Waals surface area contributed by atoms with Gasteiger partial charge in [-0.1, -0.05) is 24.3 Å². The Morgan fingerprint density at radius 3 is 2.80 bits per heavy atom. The number of imide groups is 1. The molecule has 1 saturated heterocycles. The molecule has 2 heterocycles. The molecule has 9 nitrogen and oxygen atoms in total. The first-order valence-corrected chi connectivity index (χ1v) is 9.66. The van der Waals surface area contributed by atoms with Crippen LogP contribution in [0.2, 0.25) is 0 Å². The zero-order valence-electron chi connectivity index (χ0n) is 16.5. The molecule has 0 saturated carbocycles. The van der Waals surface area contributed by atoms with Crippen LogP contribution in [0.3, 0.4) is 0 Å². The van der Waals surface area contributed by atoms with Crippen molar-refractivity contribution < 1.29 is 23.6 Å². The summed E-state index contributed by atoms with van der Waals surface area (Å²) in [7, 11) is 1.45. The Balaban J connectivity index is 1.37. The molecule has 2 aromatic rings. The third-order valence-electron chi connectivity index (χ3n) is 5.56. The van der Waals surface area contributed by atoms with Gasteiger partial charge in [0.2, 0.25) is 11.8 Å². The molecule has 156 valence electrons. The summed E-state index contributed by atoms with van der Waals surface area (Å²) in [6.45, 7) is -0.406. The third-order valence-corrected chi connectivity index (χ3v) is 5.56. The van der Waals surface area contributed by atoms with Crippen molar-refractivity contribution in [2.75, 3.05) is 20.1 Å². The Labute approximate surface area is 173 Å².